The number of hydrogen-bond donors (Lipinski definition) is 3. The molecule has 0 spiro atoms. The van der Waals surface area contributed by atoms with Crippen molar-refractivity contribution in [3.63, 3.8) is 0 Å². The summed E-state index contributed by atoms with van der Waals surface area (Å²) in [6, 6.07) is -0.786. The van der Waals surface area contributed by atoms with Crippen molar-refractivity contribution in [1.29, 1.82) is 0 Å². The molecule has 23 heavy (non-hydrogen) atoms. The second-order valence-electron chi connectivity index (χ2n) is 6.16. The Morgan fingerprint density at radius 1 is 1.22 bits per heavy atom. The summed E-state index contributed by atoms with van der Waals surface area (Å²) in [5.74, 6) is 1.68. The Kier molecular flexibility index (Phi) is 5.09. The van der Waals surface area contributed by atoms with E-state index >= 15 is 0 Å². The third-order valence-electron chi connectivity index (χ3n) is 4.43. The van der Waals surface area contributed by atoms with Crippen LogP contribution in [0.15, 0.2) is 0 Å². The molecule has 2 aliphatic heterocycles. The fourth-order valence-corrected chi connectivity index (χ4v) is 3.12. The van der Waals surface area contributed by atoms with Gasteiger partial charge < -0.3 is 20.5 Å². The number of aromatic nitrogens is 3. The Morgan fingerprint density at radius 3 is 3.04 bits per heavy atom. The highest BCUT2D eigenvalue weighted by Crippen LogP contribution is 2.14. The van der Waals surface area contributed by atoms with E-state index in [9.17, 15) is 9.59 Å². The topological polar surface area (TPSA) is 101 Å². The monoisotopic (exact) mass is 320 g/mol. The molecule has 3 rings (SSSR count). The highest BCUT2D eigenvalue weighted by atomic mass is 16.2. The van der Waals surface area contributed by atoms with Gasteiger partial charge in [0.15, 0.2) is 5.82 Å². The Bertz CT molecular complexity index is 570. The summed E-state index contributed by atoms with van der Waals surface area (Å²) < 4.78 is 2.10. The van der Waals surface area contributed by atoms with Crippen LogP contribution in [0, 0.1) is 0 Å². The SMILES string of the molecule is O=C(NCc1nnc2n1CCCCC2)N[C@@H]1CCCCNC1=O. The molecule has 0 aromatic carbocycles. The van der Waals surface area contributed by atoms with Crippen molar-refractivity contribution in [3.05, 3.63) is 11.6 Å². The minimum atomic E-state index is -0.451. The number of carbonyl (C=O) groups excluding carboxylic acids is 2. The quantitative estimate of drug-likeness (QED) is 0.753. The van der Waals surface area contributed by atoms with E-state index in [1.165, 1.54) is 6.42 Å². The molecule has 3 amide bonds. The molecule has 1 atom stereocenters. The maximum absolute atomic E-state index is 12.0. The van der Waals surface area contributed by atoms with E-state index in [-0.39, 0.29) is 11.9 Å². The first-order valence-corrected chi connectivity index (χ1v) is 8.47. The molecule has 0 saturated carbocycles. The lowest BCUT2D eigenvalue weighted by molar-refractivity contribution is -0.122. The number of rotatable bonds is 3. The smallest absolute Gasteiger partial charge is 0.315 e. The molecule has 3 heterocycles. The van der Waals surface area contributed by atoms with Crippen LogP contribution in [0.4, 0.5) is 4.79 Å². The van der Waals surface area contributed by atoms with Gasteiger partial charge >= 0.3 is 6.03 Å². The fraction of sp³-hybridized carbons (Fsp3) is 0.733. The summed E-state index contributed by atoms with van der Waals surface area (Å²) in [6.07, 6.45) is 6.97. The van der Waals surface area contributed by atoms with Crippen molar-refractivity contribution in [2.24, 2.45) is 0 Å². The first kappa shape index (κ1) is 15.8. The van der Waals surface area contributed by atoms with Crippen LogP contribution in [0.25, 0.3) is 0 Å². The number of nitrogens with one attached hydrogen (secondary N) is 3. The molecule has 3 N–H and O–H groups in total. The standard InChI is InChI=1S/C15H24N6O2/c22-14-11(6-3-4-8-16-14)18-15(23)17-10-13-20-19-12-7-2-1-5-9-21(12)13/h11H,1-10H2,(H,16,22)(H2,17,18,23)/t11-/m1/s1. The molecule has 1 aromatic heterocycles. The number of amides is 3. The summed E-state index contributed by atoms with van der Waals surface area (Å²) in [7, 11) is 0. The van der Waals surface area contributed by atoms with Gasteiger partial charge in [0.05, 0.1) is 6.54 Å². The summed E-state index contributed by atoms with van der Waals surface area (Å²) in [5.41, 5.74) is 0. The molecule has 126 valence electrons. The minimum absolute atomic E-state index is 0.103. The molecule has 0 aliphatic carbocycles. The highest BCUT2D eigenvalue weighted by Gasteiger charge is 2.22. The fourth-order valence-electron chi connectivity index (χ4n) is 3.12. The predicted octanol–water partition coefficient (Wildman–Crippen LogP) is 0.472. The van der Waals surface area contributed by atoms with Crippen molar-refractivity contribution in [2.45, 2.75) is 64.1 Å². The van der Waals surface area contributed by atoms with Crippen molar-refractivity contribution < 1.29 is 9.59 Å². The van der Waals surface area contributed by atoms with Gasteiger partial charge in [-0.3, -0.25) is 4.79 Å². The molecule has 2 aliphatic rings. The first-order chi connectivity index (χ1) is 11.2. The molecule has 8 heteroatoms. The number of aryl methyl sites for hydroxylation is 1. The Morgan fingerprint density at radius 2 is 2.13 bits per heavy atom. The number of nitrogens with zero attached hydrogens (tertiary/aromatic N) is 3. The first-order valence-electron chi connectivity index (χ1n) is 8.47. The molecular weight excluding hydrogens is 296 g/mol. The normalized spacial score (nSPS) is 21.6. The van der Waals surface area contributed by atoms with Gasteiger partial charge in [-0.05, 0) is 32.1 Å². The van der Waals surface area contributed by atoms with Gasteiger partial charge in [0.1, 0.15) is 11.9 Å². The second-order valence-corrected chi connectivity index (χ2v) is 6.16. The molecular formula is C15H24N6O2. The van der Waals surface area contributed by atoms with Crippen LogP contribution < -0.4 is 16.0 Å². The Balaban J connectivity index is 1.53. The lowest BCUT2D eigenvalue weighted by Crippen LogP contribution is -2.49. The van der Waals surface area contributed by atoms with Gasteiger partial charge in [0.25, 0.3) is 0 Å². The molecule has 0 radical (unpaired) electrons. The molecule has 8 nitrogen and oxygen atoms in total. The van der Waals surface area contributed by atoms with Crippen LogP contribution >= 0.6 is 0 Å². The average molecular weight is 320 g/mol. The van der Waals surface area contributed by atoms with E-state index in [0.717, 1.165) is 50.3 Å². The zero-order valence-electron chi connectivity index (χ0n) is 13.3. The number of fused-ring (bicyclic) bond motifs is 1. The van der Waals surface area contributed by atoms with E-state index in [1.54, 1.807) is 0 Å². The van der Waals surface area contributed by atoms with Gasteiger partial charge in [-0.15, -0.1) is 10.2 Å². The van der Waals surface area contributed by atoms with E-state index in [4.69, 9.17) is 0 Å². The lowest BCUT2D eigenvalue weighted by atomic mass is 10.1. The molecule has 0 unspecified atom stereocenters. The van der Waals surface area contributed by atoms with Crippen molar-refractivity contribution in [1.82, 2.24) is 30.7 Å². The summed E-state index contributed by atoms with van der Waals surface area (Å²) in [4.78, 5) is 23.9. The molecule has 1 fully saturated rings. The van der Waals surface area contributed by atoms with Gasteiger partial charge in [0, 0.05) is 19.5 Å². The average Bonchev–Trinajstić information content (AvgIpc) is 2.70. The van der Waals surface area contributed by atoms with E-state index < -0.39 is 6.04 Å². The minimum Gasteiger partial charge on any atom is -0.354 e. The van der Waals surface area contributed by atoms with Gasteiger partial charge in [-0.1, -0.05) is 6.42 Å². The second kappa shape index (κ2) is 7.43. The predicted molar refractivity (Wildman–Crippen MR) is 83.6 cm³/mol. The third-order valence-corrected chi connectivity index (χ3v) is 4.43. The number of carbonyl (C=O) groups is 2. The number of hydrogen-bond acceptors (Lipinski definition) is 4. The Hall–Kier alpha value is -2.12. The van der Waals surface area contributed by atoms with Gasteiger partial charge in [-0.25, -0.2) is 4.79 Å². The maximum Gasteiger partial charge on any atom is 0.315 e. The zero-order chi connectivity index (χ0) is 16.1. The van der Waals surface area contributed by atoms with Crippen molar-refractivity contribution in [2.75, 3.05) is 6.54 Å². The zero-order valence-corrected chi connectivity index (χ0v) is 13.3. The van der Waals surface area contributed by atoms with Gasteiger partial charge in [-0.2, -0.15) is 0 Å². The van der Waals surface area contributed by atoms with E-state index in [2.05, 4.69) is 30.7 Å². The van der Waals surface area contributed by atoms with Gasteiger partial charge in [0.2, 0.25) is 5.91 Å². The number of urea groups is 1. The van der Waals surface area contributed by atoms with E-state index in [1.807, 2.05) is 0 Å². The largest absolute Gasteiger partial charge is 0.354 e. The maximum atomic E-state index is 12.0. The molecule has 0 bridgehead atoms. The van der Waals surface area contributed by atoms with Crippen LogP contribution in [-0.4, -0.2) is 39.3 Å². The third kappa shape index (κ3) is 4.00. The van der Waals surface area contributed by atoms with Crippen LogP contribution in [0.1, 0.15) is 50.2 Å². The summed E-state index contributed by atoms with van der Waals surface area (Å²) in [5, 5.41) is 16.7. The van der Waals surface area contributed by atoms with Crippen molar-refractivity contribution >= 4 is 11.9 Å². The van der Waals surface area contributed by atoms with E-state index in [0.29, 0.717) is 19.5 Å². The highest BCUT2D eigenvalue weighted by molar-refractivity contribution is 5.87. The molecule has 1 saturated heterocycles. The van der Waals surface area contributed by atoms with Crippen LogP contribution in [0.5, 0.6) is 0 Å². The van der Waals surface area contributed by atoms with Crippen LogP contribution in [-0.2, 0) is 24.3 Å². The van der Waals surface area contributed by atoms with Crippen LogP contribution in [0.3, 0.4) is 0 Å². The summed E-state index contributed by atoms with van der Waals surface area (Å²) >= 11 is 0. The lowest BCUT2D eigenvalue weighted by Gasteiger charge is -2.15. The summed E-state index contributed by atoms with van der Waals surface area (Å²) in [6.45, 7) is 1.92. The van der Waals surface area contributed by atoms with Crippen molar-refractivity contribution in [3.8, 4) is 0 Å². The van der Waals surface area contributed by atoms with Crippen LogP contribution in [0.2, 0.25) is 0 Å². The Labute approximate surface area is 135 Å². The molecule has 1 aromatic rings.